The lowest BCUT2D eigenvalue weighted by Crippen LogP contribution is -2.49. The number of carbonyl (C=O) groups is 1. The molecule has 1 atom stereocenters. The van der Waals surface area contributed by atoms with Crippen LogP contribution in [0.1, 0.15) is 71.4 Å². The van der Waals surface area contributed by atoms with Gasteiger partial charge in [0.1, 0.15) is 11.2 Å². The number of benzene rings is 1. The van der Waals surface area contributed by atoms with Gasteiger partial charge in [0.2, 0.25) is 5.95 Å². The number of ether oxygens (including phenoxy) is 1. The Hall–Kier alpha value is -3.38. The van der Waals surface area contributed by atoms with Gasteiger partial charge >= 0.3 is 12.3 Å². The molecule has 9 nitrogen and oxygen atoms in total. The molecule has 2 aromatic heterocycles. The molecule has 2 fully saturated rings. The molecular weight excluding hydrogens is 573 g/mol. The topological polar surface area (TPSA) is 95.8 Å². The number of nitrogens with one attached hydrogen (secondary N) is 1. The highest BCUT2D eigenvalue weighted by molar-refractivity contribution is 5.94. The third-order valence-corrected chi connectivity index (χ3v) is 8.24. The second-order valence-corrected chi connectivity index (χ2v) is 13.1. The molecule has 5 rings (SSSR count). The van der Waals surface area contributed by atoms with Gasteiger partial charge in [-0.25, -0.2) is 9.78 Å². The van der Waals surface area contributed by atoms with E-state index >= 15 is 0 Å². The van der Waals surface area contributed by atoms with Crippen LogP contribution in [0, 0.1) is 0 Å². The first-order chi connectivity index (χ1) is 20.7. The third kappa shape index (κ3) is 8.20. The number of aliphatic hydroxyl groups excluding tert-OH is 1. The molecule has 0 spiro atoms. The number of aliphatic hydroxyl groups is 1. The Labute approximate surface area is 256 Å². The lowest BCUT2D eigenvalue weighted by atomic mass is 9.93. The van der Waals surface area contributed by atoms with Crippen LogP contribution >= 0.6 is 0 Å². The van der Waals surface area contributed by atoms with Crippen LogP contribution < -0.4 is 5.32 Å². The van der Waals surface area contributed by atoms with Gasteiger partial charge in [0, 0.05) is 68.2 Å². The summed E-state index contributed by atoms with van der Waals surface area (Å²) in [6, 6.07) is 7.62. The van der Waals surface area contributed by atoms with Gasteiger partial charge < -0.3 is 24.6 Å². The van der Waals surface area contributed by atoms with E-state index in [0.717, 1.165) is 54.6 Å². The van der Waals surface area contributed by atoms with E-state index in [1.54, 1.807) is 11.1 Å². The molecule has 12 heteroatoms. The lowest BCUT2D eigenvalue weighted by molar-refractivity contribution is -0.136. The van der Waals surface area contributed by atoms with Gasteiger partial charge in [0.05, 0.1) is 12.5 Å². The van der Waals surface area contributed by atoms with Gasteiger partial charge in [-0.3, -0.25) is 4.90 Å². The van der Waals surface area contributed by atoms with Gasteiger partial charge in [-0.2, -0.15) is 18.2 Å². The Bertz CT molecular complexity index is 1420. The van der Waals surface area contributed by atoms with Crippen LogP contribution in [0.25, 0.3) is 22.2 Å². The number of piperazine rings is 1. The van der Waals surface area contributed by atoms with Crippen molar-refractivity contribution in [2.45, 2.75) is 96.3 Å². The number of fused-ring (bicyclic) bond motifs is 1. The number of anilines is 1. The minimum Gasteiger partial charge on any atom is -0.444 e. The fraction of sp³-hybridized carbons (Fsp3) is 0.594. The summed E-state index contributed by atoms with van der Waals surface area (Å²) in [5, 5.41) is 13.7. The van der Waals surface area contributed by atoms with Gasteiger partial charge in [-0.1, -0.05) is 24.3 Å². The summed E-state index contributed by atoms with van der Waals surface area (Å²) in [6.07, 6.45) is 0.882. The molecule has 1 amide bonds. The van der Waals surface area contributed by atoms with E-state index in [9.17, 15) is 23.1 Å². The molecule has 1 saturated carbocycles. The smallest absolute Gasteiger partial charge is 0.410 e. The standard InChI is InChI=1S/C32H43F3N6O3/c1-21(17-32(33,34)35)37-29-36-18-26-27(20-41(28(26)38-29)24-9-11-25(42)12-10-24)23-7-5-22(6-8-23)19-39-13-15-40(16-14-39)30(43)44-31(2,3)4/h5-8,18,20-21,24-25,42H,9-17,19H2,1-4H3,(H,36,37,38)/t21-,24?,25?/m0/s1. The first-order valence-electron chi connectivity index (χ1n) is 15.4. The Morgan fingerprint density at radius 1 is 1.07 bits per heavy atom. The van der Waals surface area contributed by atoms with E-state index in [2.05, 4.69) is 55.2 Å². The van der Waals surface area contributed by atoms with Gasteiger partial charge in [0.25, 0.3) is 0 Å². The molecule has 3 aromatic rings. The minimum atomic E-state index is -4.28. The van der Waals surface area contributed by atoms with Crippen molar-refractivity contribution in [2.24, 2.45) is 0 Å². The summed E-state index contributed by atoms with van der Waals surface area (Å²) in [5.41, 5.74) is 3.27. The van der Waals surface area contributed by atoms with E-state index in [0.29, 0.717) is 31.6 Å². The Morgan fingerprint density at radius 3 is 2.34 bits per heavy atom. The molecule has 44 heavy (non-hydrogen) atoms. The maximum absolute atomic E-state index is 12.9. The van der Waals surface area contributed by atoms with Crippen LogP contribution in [-0.4, -0.2) is 85.6 Å². The zero-order valence-electron chi connectivity index (χ0n) is 25.9. The molecular formula is C32H43F3N6O3. The molecule has 1 saturated heterocycles. The number of alkyl halides is 3. The number of rotatable bonds is 7. The number of hydrogen-bond acceptors (Lipinski definition) is 7. The molecule has 0 unspecified atom stereocenters. The maximum atomic E-state index is 12.9. The monoisotopic (exact) mass is 616 g/mol. The summed E-state index contributed by atoms with van der Waals surface area (Å²) < 4.78 is 46.4. The largest absolute Gasteiger partial charge is 0.444 e. The number of aromatic nitrogens is 3. The SMILES string of the molecule is C[C@@H](CC(F)(F)F)Nc1ncc2c(-c3ccc(CN4CCN(C(=O)OC(C)(C)C)CC4)cc3)cn(C3CCC(O)CC3)c2n1. The van der Waals surface area contributed by atoms with Gasteiger partial charge in [0.15, 0.2) is 0 Å². The van der Waals surface area contributed by atoms with Gasteiger partial charge in [-0.05, 0) is 64.5 Å². The number of carbonyl (C=O) groups excluding carboxylic acids is 1. The molecule has 3 heterocycles. The third-order valence-electron chi connectivity index (χ3n) is 8.24. The Morgan fingerprint density at radius 2 is 1.73 bits per heavy atom. The number of hydrogen-bond donors (Lipinski definition) is 2. The minimum absolute atomic E-state index is 0.128. The summed E-state index contributed by atoms with van der Waals surface area (Å²) >= 11 is 0. The normalized spacial score (nSPS) is 21.0. The molecule has 2 N–H and O–H groups in total. The van der Waals surface area contributed by atoms with Crippen LogP contribution in [-0.2, 0) is 11.3 Å². The van der Waals surface area contributed by atoms with Crippen molar-refractivity contribution in [3.05, 3.63) is 42.2 Å². The highest BCUT2D eigenvalue weighted by atomic mass is 19.4. The second kappa shape index (κ2) is 12.9. The molecule has 1 aliphatic carbocycles. The first kappa shape index (κ1) is 32.0. The maximum Gasteiger partial charge on any atom is 0.410 e. The number of halogens is 3. The molecule has 0 bridgehead atoms. The van der Waals surface area contributed by atoms with Crippen LogP contribution in [0.3, 0.4) is 0 Å². The Balaban J connectivity index is 1.31. The van der Waals surface area contributed by atoms with Crippen LogP contribution in [0.15, 0.2) is 36.7 Å². The van der Waals surface area contributed by atoms with E-state index in [-0.39, 0.29) is 24.2 Å². The molecule has 240 valence electrons. The van der Waals surface area contributed by atoms with Crippen molar-refractivity contribution in [3.63, 3.8) is 0 Å². The van der Waals surface area contributed by atoms with Crippen molar-refractivity contribution >= 4 is 23.1 Å². The fourth-order valence-corrected chi connectivity index (χ4v) is 6.03. The molecule has 0 radical (unpaired) electrons. The van der Waals surface area contributed by atoms with Crippen LogP contribution in [0.4, 0.5) is 23.9 Å². The zero-order valence-corrected chi connectivity index (χ0v) is 25.9. The summed E-state index contributed by atoms with van der Waals surface area (Å²) in [4.78, 5) is 25.5. The Kier molecular flexibility index (Phi) is 9.41. The molecule has 1 aromatic carbocycles. The lowest BCUT2D eigenvalue weighted by Gasteiger charge is -2.35. The first-order valence-corrected chi connectivity index (χ1v) is 15.4. The van der Waals surface area contributed by atoms with Crippen molar-refractivity contribution in [3.8, 4) is 11.1 Å². The highest BCUT2D eigenvalue weighted by Gasteiger charge is 2.31. The number of amides is 1. The van der Waals surface area contributed by atoms with Crippen molar-refractivity contribution < 1.29 is 27.8 Å². The van der Waals surface area contributed by atoms with Gasteiger partial charge in [-0.15, -0.1) is 0 Å². The second-order valence-electron chi connectivity index (χ2n) is 13.1. The van der Waals surface area contributed by atoms with Crippen molar-refractivity contribution in [2.75, 3.05) is 31.5 Å². The average Bonchev–Trinajstić information content (AvgIpc) is 3.31. The molecule has 1 aliphatic heterocycles. The fourth-order valence-electron chi connectivity index (χ4n) is 6.03. The van der Waals surface area contributed by atoms with Crippen molar-refractivity contribution in [1.82, 2.24) is 24.3 Å². The number of nitrogens with zero attached hydrogens (tertiary/aromatic N) is 5. The van der Waals surface area contributed by atoms with E-state index in [1.165, 1.54) is 6.92 Å². The quantitative estimate of drug-likeness (QED) is 0.318. The summed E-state index contributed by atoms with van der Waals surface area (Å²) in [5.74, 6) is 0.165. The highest BCUT2D eigenvalue weighted by Crippen LogP contribution is 2.37. The predicted octanol–water partition coefficient (Wildman–Crippen LogP) is 6.38. The summed E-state index contributed by atoms with van der Waals surface area (Å²) in [6.45, 7) is 10.6. The predicted molar refractivity (Wildman–Crippen MR) is 163 cm³/mol. The summed E-state index contributed by atoms with van der Waals surface area (Å²) in [7, 11) is 0. The average molecular weight is 617 g/mol. The molecule has 2 aliphatic rings. The van der Waals surface area contributed by atoms with Crippen LogP contribution in [0.5, 0.6) is 0 Å². The van der Waals surface area contributed by atoms with Crippen LogP contribution in [0.2, 0.25) is 0 Å². The van der Waals surface area contributed by atoms with E-state index in [4.69, 9.17) is 4.74 Å². The zero-order chi connectivity index (χ0) is 31.6. The van der Waals surface area contributed by atoms with Crippen molar-refractivity contribution in [1.29, 1.82) is 0 Å². The van der Waals surface area contributed by atoms with E-state index < -0.39 is 24.2 Å². The van der Waals surface area contributed by atoms with E-state index in [1.807, 2.05) is 20.8 Å².